The van der Waals surface area contributed by atoms with Crippen molar-refractivity contribution in [3.63, 3.8) is 0 Å². The minimum atomic E-state index is -0.00297. The van der Waals surface area contributed by atoms with Gasteiger partial charge in [0.2, 0.25) is 5.95 Å². The number of nitrogens with zero attached hydrogens (tertiary/aromatic N) is 5. The summed E-state index contributed by atoms with van der Waals surface area (Å²) in [6.45, 7) is 9.94. The summed E-state index contributed by atoms with van der Waals surface area (Å²) < 4.78 is 5.57. The molecule has 220 valence electrons. The first kappa shape index (κ1) is 28.2. The third-order valence-corrected chi connectivity index (χ3v) is 9.62. The van der Waals surface area contributed by atoms with Crippen LogP contribution in [0.25, 0.3) is 0 Å². The molecule has 8 nitrogen and oxygen atoms in total. The predicted molar refractivity (Wildman–Crippen MR) is 163 cm³/mol. The Balaban J connectivity index is 1.10. The highest BCUT2D eigenvalue weighted by atomic mass is 16.5. The number of rotatable bonds is 6. The average molecular weight is 568 g/mol. The molecule has 1 aromatic heterocycles. The average Bonchev–Trinajstić information content (AvgIpc) is 3.63. The van der Waals surface area contributed by atoms with Crippen LogP contribution < -0.4 is 9.64 Å². The molecule has 2 amide bonds. The van der Waals surface area contributed by atoms with E-state index >= 15 is 0 Å². The van der Waals surface area contributed by atoms with Crippen molar-refractivity contribution in [1.29, 1.82) is 0 Å². The molecule has 4 heterocycles. The van der Waals surface area contributed by atoms with Crippen LogP contribution in [0.4, 0.5) is 5.95 Å². The molecule has 3 aromatic rings. The van der Waals surface area contributed by atoms with Crippen LogP contribution in [0, 0.1) is 19.8 Å². The number of piperidine rings is 1. The number of aryl methyl sites for hydroxylation is 3. The van der Waals surface area contributed by atoms with E-state index in [9.17, 15) is 9.59 Å². The fraction of sp³-hybridized carbons (Fsp3) is 0.471. The van der Waals surface area contributed by atoms with E-state index in [1.165, 1.54) is 5.56 Å². The summed E-state index contributed by atoms with van der Waals surface area (Å²) in [4.78, 5) is 42.7. The second-order valence-electron chi connectivity index (χ2n) is 12.1. The Kier molecular flexibility index (Phi) is 7.88. The van der Waals surface area contributed by atoms with Crippen LogP contribution in [0.5, 0.6) is 5.75 Å². The third-order valence-electron chi connectivity index (χ3n) is 9.62. The first-order valence-corrected chi connectivity index (χ1v) is 15.3. The minimum Gasteiger partial charge on any atom is -0.496 e. The van der Waals surface area contributed by atoms with Crippen LogP contribution in [0.15, 0.2) is 48.8 Å². The number of benzene rings is 2. The molecular formula is C34H41N5O3. The fourth-order valence-corrected chi connectivity index (χ4v) is 6.87. The molecule has 42 heavy (non-hydrogen) atoms. The molecule has 0 spiro atoms. The van der Waals surface area contributed by atoms with Gasteiger partial charge >= 0.3 is 0 Å². The lowest BCUT2D eigenvalue weighted by Gasteiger charge is -2.32. The Morgan fingerprint density at radius 2 is 1.67 bits per heavy atom. The van der Waals surface area contributed by atoms with E-state index in [1.54, 1.807) is 7.11 Å². The van der Waals surface area contributed by atoms with E-state index in [0.29, 0.717) is 42.8 Å². The van der Waals surface area contributed by atoms with Gasteiger partial charge in [0.05, 0.1) is 18.7 Å². The quantitative estimate of drug-likeness (QED) is 0.416. The molecule has 0 aliphatic carbocycles. The van der Waals surface area contributed by atoms with Gasteiger partial charge in [-0.05, 0) is 92.0 Å². The molecule has 0 radical (unpaired) electrons. The SMILES string of the molecule is CCc1cnc(N2CCC(c3cccc(C(=O)N4C[C@@H]5CCN(C(=O)c6cc(C)c(C)cc6OC)[C@@H]5C4)c3)CC2)nc1. The van der Waals surface area contributed by atoms with Gasteiger partial charge in [0.15, 0.2) is 0 Å². The number of hydrogen-bond donors (Lipinski definition) is 0. The van der Waals surface area contributed by atoms with Crippen molar-refractivity contribution in [1.82, 2.24) is 19.8 Å². The Morgan fingerprint density at radius 1 is 0.929 bits per heavy atom. The largest absolute Gasteiger partial charge is 0.496 e. The van der Waals surface area contributed by atoms with Crippen LogP contribution in [0.3, 0.4) is 0 Å². The maximum absolute atomic E-state index is 13.7. The van der Waals surface area contributed by atoms with Gasteiger partial charge in [-0.15, -0.1) is 0 Å². The molecule has 0 saturated carbocycles. The topological polar surface area (TPSA) is 78.9 Å². The Labute approximate surface area is 248 Å². The summed E-state index contributed by atoms with van der Waals surface area (Å²) in [5.74, 6) is 2.18. The van der Waals surface area contributed by atoms with E-state index in [1.807, 2.05) is 60.3 Å². The Hall–Kier alpha value is -3.94. The van der Waals surface area contributed by atoms with Gasteiger partial charge in [-0.25, -0.2) is 9.97 Å². The summed E-state index contributed by atoms with van der Waals surface area (Å²) in [5, 5.41) is 0. The summed E-state index contributed by atoms with van der Waals surface area (Å²) in [7, 11) is 1.61. The van der Waals surface area contributed by atoms with Crippen molar-refractivity contribution in [3.05, 3.63) is 82.2 Å². The predicted octanol–water partition coefficient (Wildman–Crippen LogP) is 5.04. The smallest absolute Gasteiger partial charge is 0.257 e. The minimum absolute atomic E-state index is 0.00297. The lowest BCUT2D eigenvalue weighted by atomic mass is 9.88. The molecule has 0 N–H and O–H groups in total. The number of likely N-dealkylation sites (tertiary alicyclic amines) is 2. The molecular weight excluding hydrogens is 526 g/mol. The van der Waals surface area contributed by atoms with Crippen LogP contribution in [-0.2, 0) is 6.42 Å². The van der Waals surface area contributed by atoms with Crippen molar-refractivity contribution < 1.29 is 14.3 Å². The second-order valence-corrected chi connectivity index (χ2v) is 12.1. The molecule has 2 atom stereocenters. The van der Waals surface area contributed by atoms with E-state index < -0.39 is 0 Å². The van der Waals surface area contributed by atoms with Crippen molar-refractivity contribution in [2.24, 2.45) is 5.92 Å². The van der Waals surface area contributed by atoms with Gasteiger partial charge in [0.1, 0.15) is 5.75 Å². The van der Waals surface area contributed by atoms with Gasteiger partial charge in [0.25, 0.3) is 11.8 Å². The highest BCUT2D eigenvalue weighted by Crippen LogP contribution is 2.36. The number of fused-ring (bicyclic) bond motifs is 1. The van der Waals surface area contributed by atoms with Gasteiger partial charge in [-0.1, -0.05) is 19.1 Å². The van der Waals surface area contributed by atoms with E-state index in [2.05, 4.69) is 33.9 Å². The van der Waals surface area contributed by atoms with Gasteiger partial charge in [-0.3, -0.25) is 9.59 Å². The summed E-state index contributed by atoms with van der Waals surface area (Å²) in [6, 6.07) is 12.1. The van der Waals surface area contributed by atoms with Gasteiger partial charge in [0, 0.05) is 56.6 Å². The zero-order valence-corrected chi connectivity index (χ0v) is 25.2. The molecule has 8 heteroatoms. The summed E-state index contributed by atoms with van der Waals surface area (Å²) >= 11 is 0. The number of anilines is 1. The lowest BCUT2D eigenvalue weighted by Crippen LogP contribution is -2.41. The van der Waals surface area contributed by atoms with Crippen LogP contribution in [0.1, 0.15) is 75.1 Å². The standard InChI is InChI=1S/C34H41N5O3/c1-5-24-18-35-34(36-19-24)37-12-9-25(10-13-37)26-7-6-8-27(17-26)32(40)38-20-28-11-14-39(30(28)21-38)33(41)29-15-22(2)23(3)16-31(29)42-4/h6-8,15-19,25,28,30H,5,9-14,20-21H2,1-4H3/t28-,30+/m0/s1. The summed E-state index contributed by atoms with van der Waals surface area (Å²) in [6.07, 6.45) is 7.70. The number of hydrogen-bond acceptors (Lipinski definition) is 6. The van der Waals surface area contributed by atoms with Crippen LogP contribution >= 0.6 is 0 Å². The van der Waals surface area contributed by atoms with Crippen molar-refractivity contribution >= 4 is 17.8 Å². The molecule has 6 rings (SSSR count). The zero-order valence-electron chi connectivity index (χ0n) is 25.2. The molecule has 3 aliphatic heterocycles. The van der Waals surface area contributed by atoms with Crippen molar-refractivity contribution in [2.45, 2.75) is 58.4 Å². The van der Waals surface area contributed by atoms with E-state index in [0.717, 1.165) is 67.0 Å². The van der Waals surface area contributed by atoms with Gasteiger partial charge in [-0.2, -0.15) is 0 Å². The van der Waals surface area contributed by atoms with Crippen molar-refractivity contribution in [2.75, 3.05) is 44.7 Å². The molecule has 0 bridgehead atoms. The maximum atomic E-state index is 13.7. The first-order valence-electron chi connectivity index (χ1n) is 15.3. The number of methoxy groups -OCH3 is 1. The maximum Gasteiger partial charge on any atom is 0.257 e. The van der Waals surface area contributed by atoms with E-state index in [-0.39, 0.29) is 17.9 Å². The second kappa shape index (κ2) is 11.7. The number of ether oxygens (including phenoxy) is 1. The Bertz CT molecular complexity index is 1460. The first-order chi connectivity index (χ1) is 20.4. The molecule has 2 aromatic carbocycles. The molecule has 3 aliphatic rings. The number of aromatic nitrogens is 2. The monoisotopic (exact) mass is 567 g/mol. The van der Waals surface area contributed by atoms with Crippen molar-refractivity contribution in [3.8, 4) is 5.75 Å². The van der Waals surface area contributed by atoms with Gasteiger partial charge < -0.3 is 19.4 Å². The number of carbonyl (C=O) groups excluding carboxylic acids is 2. The van der Waals surface area contributed by atoms with Crippen LogP contribution in [0.2, 0.25) is 0 Å². The molecule has 3 fully saturated rings. The highest BCUT2D eigenvalue weighted by molar-refractivity contribution is 5.98. The third kappa shape index (κ3) is 5.35. The van der Waals surface area contributed by atoms with E-state index in [4.69, 9.17) is 4.74 Å². The lowest BCUT2D eigenvalue weighted by molar-refractivity contribution is 0.0686. The molecule has 3 saturated heterocycles. The Morgan fingerprint density at radius 3 is 2.38 bits per heavy atom. The zero-order chi connectivity index (χ0) is 29.4. The fourth-order valence-electron chi connectivity index (χ4n) is 6.87. The highest BCUT2D eigenvalue weighted by Gasteiger charge is 2.45. The normalized spacial score (nSPS) is 20.6. The molecule has 0 unspecified atom stereocenters. The number of amides is 2. The summed E-state index contributed by atoms with van der Waals surface area (Å²) in [5.41, 5.74) is 5.89. The number of carbonyl (C=O) groups is 2. The van der Waals surface area contributed by atoms with Crippen LogP contribution in [-0.4, -0.2) is 77.5 Å².